The van der Waals surface area contributed by atoms with E-state index in [0.717, 1.165) is 6.42 Å². The number of hydrogen-bond acceptors (Lipinski definition) is 0. The minimum Gasteiger partial charge on any atom is -0.358 e. The summed E-state index contributed by atoms with van der Waals surface area (Å²) >= 11 is 0. The summed E-state index contributed by atoms with van der Waals surface area (Å²) in [5.74, 6) is 0. The van der Waals surface area contributed by atoms with E-state index < -0.39 is 0 Å². The molecule has 0 fully saturated rings. The molecule has 1 aliphatic carbocycles. The van der Waals surface area contributed by atoms with Crippen molar-refractivity contribution in [3.63, 3.8) is 0 Å². The number of rotatable bonds is 2. The molecular formula is C11H20Zr. The zero-order chi connectivity index (χ0) is 5.82. The molecule has 0 bridgehead atoms. The van der Waals surface area contributed by atoms with Crippen LogP contribution in [0.1, 0.15) is 26.2 Å². The average Bonchev–Trinajstić information content (AvgIpc) is 2.19. The third kappa shape index (κ3) is 8.46. The van der Waals surface area contributed by atoms with E-state index in [0.29, 0.717) is 0 Å². The largest absolute Gasteiger partial charge is 4.00 e. The first-order valence-corrected chi connectivity index (χ1v) is 3.19. The van der Waals surface area contributed by atoms with E-state index >= 15 is 0 Å². The summed E-state index contributed by atoms with van der Waals surface area (Å²) in [6.07, 6.45) is 11.1. The van der Waals surface area contributed by atoms with E-state index in [9.17, 15) is 0 Å². The van der Waals surface area contributed by atoms with Gasteiger partial charge in [0.05, 0.1) is 0 Å². The van der Waals surface area contributed by atoms with Crippen LogP contribution in [0, 0.1) is 28.4 Å². The second-order valence-electron chi connectivity index (χ2n) is 2.06. The van der Waals surface area contributed by atoms with Crippen LogP contribution in [-0.4, -0.2) is 0 Å². The molecule has 0 unspecified atom stereocenters. The molecule has 0 spiro atoms. The summed E-state index contributed by atoms with van der Waals surface area (Å²) in [4.78, 5) is 0. The maximum atomic E-state index is 3.26. The van der Waals surface area contributed by atoms with E-state index in [1.165, 1.54) is 18.4 Å². The van der Waals surface area contributed by atoms with Gasteiger partial charge in [0, 0.05) is 0 Å². The molecule has 0 aromatic rings. The van der Waals surface area contributed by atoms with Gasteiger partial charge in [-0.2, -0.15) is 6.08 Å². The van der Waals surface area contributed by atoms with Crippen molar-refractivity contribution in [2.75, 3.05) is 0 Å². The summed E-state index contributed by atoms with van der Waals surface area (Å²) in [6.45, 7) is 2.20. The van der Waals surface area contributed by atoms with Gasteiger partial charge in [0.2, 0.25) is 0 Å². The first-order chi connectivity index (χ1) is 3.93. The molecule has 0 nitrogen and oxygen atoms in total. The molecule has 0 saturated heterocycles. The fraction of sp³-hybridized carbons (Fsp3) is 0.364. The zero-order valence-corrected chi connectivity index (χ0v) is 11.2. The molecule has 0 atom stereocenters. The Morgan fingerprint density at radius 1 is 1.33 bits per heavy atom. The Morgan fingerprint density at radius 3 is 2.25 bits per heavy atom. The van der Waals surface area contributed by atoms with Gasteiger partial charge in [-0.1, -0.05) is 19.8 Å². The second kappa shape index (κ2) is 13.9. The Morgan fingerprint density at radius 2 is 1.92 bits per heavy atom. The Kier molecular flexibility index (Phi) is 26.5. The molecule has 0 N–H and O–H groups in total. The quantitative estimate of drug-likeness (QED) is 0.647. The molecule has 0 aromatic carbocycles. The first-order valence-electron chi connectivity index (χ1n) is 3.19. The van der Waals surface area contributed by atoms with Gasteiger partial charge in [-0.15, -0.1) is 6.42 Å². The van der Waals surface area contributed by atoms with Crippen LogP contribution in [0.5, 0.6) is 0 Å². The van der Waals surface area contributed by atoms with Crippen molar-refractivity contribution in [2.45, 2.75) is 26.2 Å². The van der Waals surface area contributed by atoms with Gasteiger partial charge in [-0.25, -0.2) is 11.6 Å². The summed E-state index contributed by atoms with van der Waals surface area (Å²) in [7, 11) is 0. The molecule has 1 aliphatic rings. The van der Waals surface area contributed by atoms with Gasteiger partial charge in [0.1, 0.15) is 0 Å². The Balaban J connectivity index is -0.0000000800. The van der Waals surface area contributed by atoms with Crippen LogP contribution >= 0.6 is 0 Å². The van der Waals surface area contributed by atoms with Crippen LogP contribution in [-0.2, 0) is 26.2 Å². The Hall–Kier alpha value is 0.363. The van der Waals surface area contributed by atoms with Gasteiger partial charge < -0.3 is 22.3 Å². The SMILES string of the molecule is CCCC1=[C-]CC=C1.[CH3-].[CH3-].[CH3-].[Zr+4]. The van der Waals surface area contributed by atoms with Crippen LogP contribution in [0.25, 0.3) is 0 Å². The van der Waals surface area contributed by atoms with Crippen LogP contribution in [0.15, 0.2) is 17.7 Å². The molecule has 68 valence electrons. The maximum absolute atomic E-state index is 3.26. The summed E-state index contributed by atoms with van der Waals surface area (Å²) in [5.41, 5.74) is 1.40. The van der Waals surface area contributed by atoms with Gasteiger partial charge in [0.15, 0.2) is 0 Å². The van der Waals surface area contributed by atoms with Crippen molar-refractivity contribution in [3.05, 3.63) is 46.1 Å². The van der Waals surface area contributed by atoms with Crippen molar-refractivity contribution >= 4 is 0 Å². The molecule has 0 amide bonds. The summed E-state index contributed by atoms with van der Waals surface area (Å²) in [6, 6.07) is 0. The molecule has 1 heteroatoms. The molecule has 12 heavy (non-hydrogen) atoms. The summed E-state index contributed by atoms with van der Waals surface area (Å²) < 4.78 is 0. The van der Waals surface area contributed by atoms with Gasteiger partial charge in [-0.05, 0) is 0 Å². The molecule has 0 aromatic heterocycles. The third-order valence-electron chi connectivity index (χ3n) is 1.29. The zero-order valence-electron chi connectivity index (χ0n) is 8.78. The van der Waals surface area contributed by atoms with Crippen LogP contribution in [0.3, 0.4) is 0 Å². The van der Waals surface area contributed by atoms with Gasteiger partial charge in [0.25, 0.3) is 0 Å². The Labute approximate surface area is 98.3 Å². The van der Waals surface area contributed by atoms with E-state index in [1.54, 1.807) is 0 Å². The smallest absolute Gasteiger partial charge is 0.358 e. The Bertz CT molecular complexity index is 123. The van der Waals surface area contributed by atoms with E-state index in [1.807, 2.05) is 0 Å². The molecule has 1 rings (SSSR count). The predicted octanol–water partition coefficient (Wildman–Crippen LogP) is 3.82. The van der Waals surface area contributed by atoms with Crippen molar-refractivity contribution in [1.29, 1.82) is 0 Å². The molecular weight excluding hydrogens is 223 g/mol. The number of allylic oxidation sites excluding steroid dienone is 4. The molecule has 0 radical (unpaired) electrons. The maximum Gasteiger partial charge on any atom is 4.00 e. The van der Waals surface area contributed by atoms with Gasteiger partial charge >= 0.3 is 26.2 Å². The fourth-order valence-electron chi connectivity index (χ4n) is 0.891. The molecule has 0 heterocycles. The van der Waals surface area contributed by atoms with Crippen LogP contribution in [0.4, 0.5) is 0 Å². The normalized spacial score (nSPS) is 11.2. The average molecular weight is 244 g/mol. The minimum absolute atomic E-state index is 0. The third-order valence-corrected chi connectivity index (χ3v) is 1.29. The topological polar surface area (TPSA) is 0 Å². The van der Waals surface area contributed by atoms with Crippen molar-refractivity contribution in [1.82, 2.24) is 0 Å². The van der Waals surface area contributed by atoms with Crippen molar-refractivity contribution in [3.8, 4) is 0 Å². The van der Waals surface area contributed by atoms with E-state index in [-0.39, 0.29) is 48.5 Å². The van der Waals surface area contributed by atoms with Crippen molar-refractivity contribution in [2.24, 2.45) is 0 Å². The van der Waals surface area contributed by atoms with E-state index in [2.05, 4.69) is 25.2 Å². The fourth-order valence-corrected chi connectivity index (χ4v) is 0.891. The van der Waals surface area contributed by atoms with Crippen LogP contribution in [0.2, 0.25) is 0 Å². The monoisotopic (exact) mass is 242 g/mol. The standard InChI is InChI=1S/C8H11.3CH3.Zr/c1-2-5-8-6-3-4-7-8;;;;/h3,6H,2,4-5H2,1H3;3*1H3;/q4*-1;+4. The van der Waals surface area contributed by atoms with E-state index in [4.69, 9.17) is 0 Å². The summed E-state index contributed by atoms with van der Waals surface area (Å²) in [5, 5.41) is 0. The van der Waals surface area contributed by atoms with Gasteiger partial charge in [-0.3, -0.25) is 6.08 Å². The predicted molar refractivity (Wildman–Crippen MR) is 54.7 cm³/mol. The first kappa shape index (κ1) is 22.8. The molecule has 0 saturated carbocycles. The van der Waals surface area contributed by atoms with Crippen LogP contribution < -0.4 is 0 Å². The molecule has 0 aliphatic heterocycles. The minimum atomic E-state index is 0. The van der Waals surface area contributed by atoms with Crippen molar-refractivity contribution < 1.29 is 26.2 Å². The number of hydrogen-bond donors (Lipinski definition) is 0. The second-order valence-corrected chi connectivity index (χ2v) is 2.06.